The van der Waals surface area contributed by atoms with Crippen molar-refractivity contribution in [2.45, 2.75) is 69.1 Å². The van der Waals surface area contributed by atoms with E-state index in [9.17, 15) is 9.90 Å². The van der Waals surface area contributed by atoms with Gasteiger partial charge in [0.05, 0.1) is 39.9 Å². The molecule has 1 aromatic heterocycles. The molecule has 6 heterocycles. The Morgan fingerprint density at radius 3 is 2.51 bits per heavy atom. The quantitative estimate of drug-likeness (QED) is 0.380. The van der Waals surface area contributed by atoms with Crippen molar-refractivity contribution in [3.05, 3.63) is 51.6 Å². The molecule has 0 radical (unpaired) electrons. The number of nitrogens with zero attached hydrogens (tertiary/aromatic N) is 6. The number of aromatic nitrogens is 2. The van der Waals surface area contributed by atoms with E-state index in [2.05, 4.69) is 32.9 Å². The third-order valence-corrected chi connectivity index (χ3v) is 11.4. The van der Waals surface area contributed by atoms with Crippen LogP contribution in [0.4, 0.5) is 16.3 Å². The number of halogens is 2. The van der Waals surface area contributed by atoms with Crippen LogP contribution in [0.5, 0.6) is 6.01 Å². The topological polar surface area (TPSA) is 85.3 Å². The molecule has 43 heavy (non-hydrogen) atoms. The Balaban J connectivity index is 1.15. The second kappa shape index (κ2) is 10.6. The summed E-state index contributed by atoms with van der Waals surface area (Å²) in [7, 11) is 0. The molecule has 0 spiro atoms. The number of piperazine rings is 1. The molecule has 226 valence electrons. The van der Waals surface area contributed by atoms with Crippen LogP contribution in [0.25, 0.3) is 10.8 Å². The van der Waals surface area contributed by atoms with Crippen LogP contribution in [0.15, 0.2) is 30.3 Å². The van der Waals surface area contributed by atoms with Gasteiger partial charge in [0, 0.05) is 36.3 Å². The lowest BCUT2D eigenvalue weighted by atomic mass is 9.95. The lowest BCUT2D eigenvalue weighted by Gasteiger charge is -2.41. The first kappa shape index (κ1) is 27.5. The van der Waals surface area contributed by atoms with Crippen LogP contribution < -0.4 is 14.5 Å². The van der Waals surface area contributed by atoms with Gasteiger partial charge in [-0.25, -0.2) is 4.79 Å². The van der Waals surface area contributed by atoms with Gasteiger partial charge >= 0.3 is 12.1 Å². The molecular weight excluding hydrogens is 587 g/mol. The van der Waals surface area contributed by atoms with Crippen molar-refractivity contribution < 1.29 is 14.6 Å². The third-order valence-electron chi connectivity index (χ3n) is 10.6. The predicted octanol–water partition coefficient (Wildman–Crippen LogP) is 5.84. The van der Waals surface area contributed by atoms with Crippen molar-refractivity contribution in [1.82, 2.24) is 19.8 Å². The van der Waals surface area contributed by atoms with E-state index in [0.717, 1.165) is 85.3 Å². The van der Waals surface area contributed by atoms with Crippen molar-refractivity contribution in [3.8, 4) is 6.01 Å². The van der Waals surface area contributed by atoms with E-state index in [1.165, 1.54) is 12.8 Å². The number of benzene rings is 2. The molecular formula is C32H36Cl2N6O3. The zero-order valence-electron chi connectivity index (χ0n) is 24.1. The van der Waals surface area contributed by atoms with Crippen LogP contribution in [0, 0.1) is 0 Å². The molecule has 5 aliphatic heterocycles. The SMILES string of the molecule is O=C(O)N1[C@@H]2CC[C@H]1CN(c1nc(OCC34CCCN3CCC4)nc3c1CCN(c1cccc4ccc(Cl)c(Cl)c14)C3)C2. The lowest BCUT2D eigenvalue weighted by molar-refractivity contribution is 0.107. The van der Waals surface area contributed by atoms with Crippen molar-refractivity contribution in [3.63, 3.8) is 0 Å². The normalized spacial score (nSPS) is 24.5. The Morgan fingerprint density at radius 1 is 1.00 bits per heavy atom. The summed E-state index contributed by atoms with van der Waals surface area (Å²) < 4.78 is 6.51. The van der Waals surface area contributed by atoms with Gasteiger partial charge in [0.2, 0.25) is 0 Å². The molecule has 8 rings (SSSR count). The van der Waals surface area contributed by atoms with Crippen molar-refractivity contribution in [2.75, 3.05) is 49.1 Å². The second-order valence-electron chi connectivity index (χ2n) is 12.9. The minimum absolute atomic E-state index is 0.0154. The van der Waals surface area contributed by atoms with Crippen molar-refractivity contribution in [2.24, 2.45) is 0 Å². The number of ether oxygens (including phenoxy) is 1. The highest BCUT2D eigenvalue weighted by atomic mass is 35.5. The molecule has 2 atom stereocenters. The third kappa shape index (κ3) is 4.57. The molecule has 11 heteroatoms. The zero-order valence-corrected chi connectivity index (χ0v) is 25.7. The van der Waals surface area contributed by atoms with Gasteiger partial charge in [0.25, 0.3) is 0 Å². The van der Waals surface area contributed by atoms with Crippen molar-refractivity contribution >= 4 is 51.6 Å². The number of hydrogen-bond acceptors (Lipinski definition) is 7. The monoisotopic (exact) mass is 622 g/mol. The van der Waals surface area contributed by atoms with Gasteiger partial charge in [0.15, 0.2) is 0 Å². The Kier molecular flexibility index (Phi) is 6.76. The van der Waals surface area contributed by atoms with Gasteiger partial charge in [-0.3, -0.25) is 9.80 Å². The molecule has 2 bridgehead atoms. The number of carboxylic acid groups (broad SMARTS) is 1. The Morgan fingerprint density at radius 2 is 1.77 bits per heavy atom. The van der Waals surface area contributed by atoms with Crippen LogP contribution >= 0.6 is 23.2 Å². The maximum absolute atomic E-state index is 12.0. The van der Waals surface area contributed by atoms with E-state index in [0.29, 0.717) is 42.3 Å². The fourth-order valence-corrected chi connectivity index (χ4v) is 8.95. The number of amides is 1. The zero-order chi connectivity index (χ0) is 29.3. The van der Waals surface area contributed by atoms with Gasteiger partial charge in [0.1, 0.15) is 12.4 Å². The van der Waals surface area contributed by atoms with Crippen LogP contribution in [-0.4, -0.2) is 87.9 Å². The Bertz CT molecular complexity index is 1580. The number of rotatable bonds is 5. The minimum Gasteiger partial charge on any atom is -0.465 e. The fourth-order valence-electron chi connectivity index (χ4n) is 8.52. The molecule has 0 saturated carbocycles. The molecule has 0 aliphatic carbocycles. The first-order valence-electron chi connectivity index (χ1n) is 15.6. The Hall–Kier alpha value is -3.01. The highest BCUT2D eigenvalue weighted by Gasteiger charge is 2.46. The number of anilines is 2. The summed E-state index contributed by atoms with van der Waals surface area (Å²) in [6.07, 6.45) is 6.47. The highest BCUT2D eigenvalue weighted by Crippen LogP contribution is 2.42. The fraction of sp³-hybridized carbons (Fsp3) is 0.531. The average Bonchev–Trinajstić information content (AvgIpc) is 3.67. The lowest BCUT2D eigenvalue weighted by Crippen LogP contribution is -2.56. The molecule has 1 amide bonds. The molecule has 5 aliphatic rings. The van der Waals surface area contributed by atoms with Gasteiger partial charge in [-0.2, -0.15) is 9.97 Å². The largest absolute Gasteiger partial charge is 0.465 e. The number of hydrogen-bond donors (Lipinski definition) is 1. The maximum Gasteiger partial charge on any atom is 0.407 e. The molecule has 0 unspecified atom stereocenters. The summed E-state index contributed by atoms with van der Waals surface area (Å²) in [5.41, 5.74) is 3.23. The average molecular weight is 624 g/mol. The second-order valence-corrected chi connectivity index (χ2v) is 13.6. The summed E-state index contributed by atoms with van der Waals surface area (Å²) >= 11 is 13.2. The van der Waals surface area contributed by atoms with E-state index in [-0.39, 0.29) is 17.6 Å². The molecule has 9 nitrogen and oxygen atoms in total. The van der Waals surface area contributed by atoms with E-state index in [1.807, 2.05) is 12.1 Å². The predicted molar refractivity (Wildman–Crippen MR) is 168 cm³/mol. The summed E-state index contributed by atoms with van der Waals surface area (Å²) in [4.78, 5) is 31.0. The smallest absolute Gasteiger partial charge is 0.407 e. The van der Waals surface area contributed by atoms with Gasteiger partial charge in [-0.05, 0) is 75.6 Å². The molecule has 4 saturated heterocycles. The van der Waals surface area contributed by atoms with Crippen LogP contribution in [0.3, 0.4) is 0 Å². The number of fused-ring (bicyclic) bond motifs is 5. The number of carbonyl (C=O) groups is 1. The summed E-state index contributed by atoms with van der Waals surface area (Å²) in [6.45, 7) is 5.55. The van der Waals surface area contributed by atoms with Gasteiger partial charge in [-0.1, -0.05) is 41.4 Å². The van der Waals surface area contributed by atoms with Crippen LogP contribution in [0.1, 0.15) is 49.8 Å². The highest BCUT2D eigenvalue weighted by molar-refractivity contribution is 6.46. The van der Waals surface area contributed by atoms with Gasteiger partial charge in [-0.15, -0.1) is 0 Å². The maximum atomic E-state index is 12.0. The van der Waals surface area contributed by atoms with Crippen molar-refractivity contribution in [1.29, 1.82) is 0 Å². The summed E-state index contributed by atoms with van der Waals surface area (Å²) in [5, 5.41) is 13.0. The van der Waals surface area contributed by atoms with Gasteiger partial charge < -0.3 is 19.6 Å². The first-order valence-corrected chi connectivity index (χ1v) is 16.3. The standard InChI is InChI=1S/C32H36Cl2N6O3/c33-24-9-6-20-4-1-5-26(27(20)28(24)34)37-15-10-23-25(18-37)35-30(43-19-32-11-2-13-39(32)14-3-12-32)36-29(23)38-16-21-7-8-22(17-38)40(21)31(41)42/h1,4-6,9,21-22H,2-3,7-8,10-19H2,(H,41,42)/t21-,22+. The van der Waals surface area contributed by atoms with E-state index >= 15 is 0 Å². The summed E-state index contributed by atoms with van der Waals surface area (Å²) in [6, 6.07) is 10.5. The first-order chi connectivity index (χ1) is 20.9. The molecule has 1 N–H and O–H groups in total. The molecule has 4 fully saturated rings. The molecule has 3 aromatic rings. The molecule has 2 aromatic carbocycles. The van der Waals surface area contributed by atoms with E-state index in [4.69, 9.17) is 37.9 Å². The van der Waals surface area contributed by atoms with E-state index < -0.39 is 6.09 Å². The summed E-state index contributed by atoms with van der Waals surface area (Å²) in [5.74, 6) is 0.910. The van der Waals surface area contributed by atoms with Crippen LogP contribution in [0.2, 0.25) is 10.0 Å². The van der Waals surface area contributed by atoms with E-state index in [1.54, 1.807) is 4.90 Å². The minimum atomic E-state index is -0.817. The Labute approximate surface area is 261 Å². The van der Waals surface area contributed by atoms with Crippen LogP contribution in [-0.2, 0) is 13.0 Å².